The van der Waals surface area contributed by atoms with Crippen LogP contribution in [-0.2, 0) is 11.0 Å². The maximum Gasteiger partial charge on any atom is 0.416 e. The molecule has 0 atom stereocenters. The van der Waals surface area contributed by atoms with Crippen molar-refractivity contribution in [3.63, 3.8) is 0 Å². The molecule has 0 aliphatic heterocycles. The molecule has 6 heteroatoms. The summed E-state index contributed by atoms with van der Waals surface area (Å²) in [6.07, 6.45) is -0.870. The predicted octanol–water partition coefficient (Wildman–Crippen LogP) is 5.89. The molecule has 0 unspecified atom stereocenters. The summed E-state index contributed by atoms with van der Waals surface area (Å²) in [7, 11) is 0. The van der Waals surface area contributed by atoms with Gasteiger partial charge < -0.3 is 5.11 Å². The molecule has 0 amide bonds. The normalized spacial score (nSPS) is 12.8. The van der Waals surface area contributed by atoms with Crippen LogP contribution in [0.15, 0.2) is 24.3 Å². The first-order chi connectivity index (χ1) is 10.7. The molecule has 2 aromatic rings. The molecule has 23 heavy (non-hydrogen) atoms. The summed E-state index contributed by atoms with van der Waals surface area (Å²) in [5, 5.41) is 9.58. The second-order valence-corrected chi connectivity index (χ2v) is 6.43. The monoisotopic (exact) mass is 342 g/mol. The number of aryl methyl sites for hydroxylation is 1. The molecule has 0 spiro atoms. The number of benzene rings is 1. The number of thiophene rings is 1. The van der Waals surface area contributed by atoms with Gasteiger partial charge in [0.15, 0.2) is 0 Å². The topological polar surface area (TPSA) is 37.3 Å². The zero-order valence-electron chi connectivity index (χ0n) is 12.8. The smallest absolute Gasteiger partial charge is 0.416 e. The number of carboxylic acids is 1. The van der Waals surface area contributed by atoms with Gasteiger partial charge in [0.05, 0.1) is 5.56 Å². The summed E-state index contributed by atoms with van der Waals surface area (Å²) in [4.78, 5) is 11.8. The molecule has 1 aromatic carbocycles. The van der Waals surface area contributed by atoms with Crippen LogP contribution < -0.4 is 0 Å². The van der Waals surface area contributed by atoms with E-state index in [-0.39, 0.29) is 0 Å². The molecule has 1 heterocycles. The zero-order chi connectivity index (χ0) is 17.2. The van der Waals surface area contributed by atoms with E-state index in [1.165, 1.54) is 17.4 Å². The minimum absolute atomic E-state index is 0.535. The maximum absolute atomic E-state index is 12.9. The van der Waals surface area contributed by atoms with Crippen LogP contribution in [0.2, 0.25) is 0 Å². The Labute approximate surface area is 136 Å². The van der Waals surface area contributed by atoms with Crippen molar-refractivity contribution in [1.82, 2.24) is 0 Å². The molecule has 0 bridgehead atoms. The Morgan fingerprint density at radius 2 is 2.04 bits per heavy atom. The fourth-order valence-electron chi connectivity index (χ4n) is 2.47. The van der Waals surface area contributed by atoms with Crippen LogP contribution >= 0.6 is 11.3 Å². The van der Waals surface area contributed by atoms with E-state index in [1.807, 2.05) is 6.92 Å². The van der Waals surface area contributed by atoms with Gasteiger partial charge in [0.1, 0.15) is 0 Å². The van der Waals surface area contributed by atoms with Gasteiger partial charge in [-0.25, -0.2) is 4.79 Å². The SMILES string of the molecule is CCCCC(=CC(=O)O)c1sc2ccc(C(F)(F)F)cc2c1C. The average Bonchev–Trinajstić information content (AvgIpc) is 2.79. The number of rotatable bonds is 5. The van der Waals surface area contributed by atoms with Crippen molar-refractivity contribution in [2.24, 2.45) is 0 Å². The van der Waals surface area contributed by atoms with Gasteiger partial charge in [-0.1, -0.05) is 13.3 Å². The second kappa shape index (κ2) is 6.74. The van der Waals surface area contributed by atoms with Crippen molar-refractivity contribution in [3.05, 3.63) is 40.3 Å². The lowest BCUT2D eigenvalue weighted by Gasteiger charge is -2.07. The van der Waals surface area contributed by atoms with Crippen LogP contribution in [0.1, 0.15) is 42.2 Å². The van der Waals surface area contributed by atoms with Crippen molar-refractivity contribution in [2.45, 2.75) is 39.3 Å². The Kier molecular flexibility index (Phi) is 5.14. The highest BCUT2D eigenvalue weighted by Gasteiger charge is 2.31. The predicted molar refractivity (Wildman–Crippen MR) is 86.7 cm³/mol. The minimum atomic E-state index is -4.38. The highest BCUT2D eigenvalue weighted by atomic mass is 32.1. The summed E-state index contributed by atoms with van der Waals surface area (Å²) < 4.78 is 39.3. The summed E-state index contributed by atoms with van der Waals surface area (Å²) in [5.74, 6) is -1.04. The number of allylic oxidation sites excluding steroid dienone is 1. The van der Waals surface area contributed by atoms with Gasteiger partial charge >= 0.3 is 12.1 Å². The van der Waals surface area contributed by atoms with Crippen LogP contribution in [0.4, 0.5) is 13.2 Å². The first-order valence-electron chi connectivity index (χ1n) is 7.28. The van der Waals surface area contributed by atoms with E-state index in [0.29, 0.717) is 22.9 Å². The van der Waals surface area contributed by atoms with Crippen molar-refractivity contribution in [2.75, 3.05) is 0 Å². The number of aliphatic carboxylic acids is 1. The molecule has 0 aliphatic rings. The van der Waals surface area contributed by atoms with Crippen molar-refractivity contribution in [1.29, 1.82) is 0 Å². The van der Waals surface area contributed by atoms with E-state index in [0.717, 1.165) is 40.6 Å². The molecule has 0 aliphatic carbocycles. The van der Waals surface area contributed by atoms with Crippen molar-refractivity contribution in [3.8, 4) is 0 Å². The van der Waals surface area contributed by atoms with Gasteiger partial charge in [0.2, 0.25) is 0 Å². The van der Waals surface area contributed by atoms with E-state index >= 15 is 0 Å². The Balaban J connectivity index is 2.56. The van der Waals surface area contributed by atoms with E-state index in [9.17, 15) is 18.0 Å². The fraction of sp³-hybridized carbons (Fsp3) is 0.353. The van der Waals surface area contributed by atoms with Crippen LogP contribution in [-0.4, -0.2) is 11.1 Å². The third kappa shape index (κ3) is 3.93. The lowest BCUT2D eigenvalue weighted by Crippen LogP contribution is -2.03. The number of hydrogen-bond donors (Lipinski definition) is 1. The lowest BCUT2D eigenvalue weighted by atomic mass is 10.0. The Bertz CT molecular complexity index is 757. The maximum atomic E-state index is 12.9. The summed E-state index contributed by atoms with van der Waals surface area (Å²) in [6, 6.07) is 3.66. The number of carboxylic acid groups (broad SMARTS) is 1. The number of carbonyl (C=O) groups is 1. The standard InChI is InChI=1S/C17H17F3O2S/c1-3-4-5-11(8-15(21)22)16-10(2)13-9-12(17(18,19)20)6-7-14(13)23-16/h6-9H,3-5H2,1-2H3,(H,21,22). The number of unbranched alkanes of at least 4 members (excludes halogenated alkanes) is 1. The molecule has 0 saturated heterocycles. The first-order valence-corrected chi connectivity index (χ1v) is 8.10. The number of fused-ring (bicyclic) bond motifs is 1. The molecule has 0 fully saturated rings. The molecule has 2 rings (SSSR count). The van der Waals surface area contributed by atoms with Crippen LogP contribution in [0.3, 0.4) is 0 Å². The molecule has 2 nitrogen and oxygen atoms in total. The third-order valence-corrected chi connectivity index (χ3v) is 5.00. The van der Waals surface area contributed by atoms with Gasteiger partial charge in [-0.2, -0.15) is 13.2 Å². The fourth-order valence-corrected chi connectivity index (χ4v) is 3.70. The number of alkyl halides is 3. The molecule has 0 saturated carbocycles. The number of hydrogen-bond acceptors (Lipinski definition) is 2. The molecule has 124 valence electrons. The third-order valence-electron chi connectivity index (χ3n) is 3.65. The summed E-state index contributed by atoms with van der Waals surface area (Å²) in [6.45, 7) is 3.75. The number of halogens is 3. The molecule has 1 N–H and O–H groups in total. The Morgan fingerprint density at radius 3 is 2.61 bits per heavy atom. The van der Waals surface area contributed by atoms with E-state index in [1.54, 1.807) is 6.92 Å². The molecule has 1 aromatic heterocycles. The van der Waals surface area contributed by atoms with E-state index < -0.39 is 17.7 Å². The van der Waals surface area contributed by atoms with E-state index in [2.05, 4.69) is 0 Å². The summed E-state index contributed by atoms with van der Waals surface area (Å²) >= 11 is 1.34. The first kappa shape index (κ1) is 17.5. The quantitative estimate of drug-likeness (QED) is 0.688. The average molecular weight is 342 g/mol. The van der Waals surface area contributed by atoms with Gasteiger partial charge in [-0.05, 0) is 54.5 Å². The largest absolute Gasteiger partial charge is 0.478 e. The molecular formula is C17H17F3O2S. The minimum Gasteiger partial charge on any atom is -0.478 e. The van der Waals surface area contributed by atoms with Crippen LogP contribution in [0.25, 0.3) is 15.7 Å². The van der Waals surface area contributed by atoms with Gasteiger partial charge in [0, 0.05) is 15.7 Å². The zero-order valence-corrected chi connectivity index (χ0v) is 13.6. The van der Waals surface area contributed by atoms with Crippen molar-refractivity contribution < 1.29 is 23.1 Å². The molecule has 0 radical (unpaired) electrons. The lowest BCUT2D eigenvalue weighted by molar-refractivity contribution is -0.137. The Hall–Kier alpha value is -1.82. The second-order valence-electron chi connectivity index (χ2n) is 5.38. The highest BCUT2D eigenvalue weighted by molar-refractivity contribution is 7.20. The Morgan fingerprint density at radius 1 is 1.35 bits per heavy atom. The van der Waals surface area contributed by atoms with Gasteiger partial charge in [-0.3, -0.25) is 0 Å². The van der Waals surface area contributed by atoms with Crippen LogP contribution in [0.5, 0.6) is 0 Å². The van der Waals surface area contributed by atoms with E-state index in [4.69, 9.17) is 5.11 Å². The van der Waals surface area contributed by atoms with Crippen molar-refractivity contribution >= 4 is 33.0 Å². The van der Waals surface area contributed by atoms with Gasteiger partial charge in [-0.15, -0.1) is 11.3 Å². The highest BCUT2D eigenvalue weighted by Crippen LogP contribution is 2.40. The summed E-state index contributed by atoms with van der Waals surface area (Å²) in [5.41, 5.74) is 0.695. The van der Waals surface area contributed by atoms with Gasteiger partial charge in [0.25, 0.3) is 0 Å². The van der Waals surface area contributed by atoms with Crippen LogP contribution in [0, 0.1) is 6.92 Å². The molecular weight excluding hydrogens is 325 g/mol.